The Balaban J connectivity index is 2.65. The van der Waals surface area contributed by atoms with Gasteiger partial charge in [0.25, 0.3) is 0 Å². The third kappa shape index (κ3) is 2.31. The summed E-state index contributed by atoms with van der Waals surface area (Å²) < 4.78 is 6.37. The predicted molar refractivity (Wildman–Crippen MR) is 71.0 cm³/mol. The number of ether oxygens (including phenoxy) is 1. The maximum atomic E-state index is 11.5. The van der Waals surface area contributed by atoms with Gasteiger partial charge in [-0.2, -0.15) is 0 Å². The van der Waals surface area contributed by atoms with E-state index in [1.54, 1.807) is 17.6 Å². The second kappa shape index (κ2) is 5.16. The highest BCUT2D eigenvalue weighted by Gasteiger charge is 2.18. The number of hydrogen-bond acceptors (Lipinski definition) is 3. The summed E-state index contributed by atoms with van der Waals surface area (Å²) in [6, 6.07) is 5.39. The summed E-state index contributed by atoms with van der Waals surface area (Å²) in [7, 11) is 1.34. The number of carbonyl (C=O) groups excluding carboxylic acids is 1. The van der Waals surface area contributed by atoms with Gasteiger partial charge >= 0.3 is 5.97 Å². The van der Waals surface area contributed by atoms with Crippen molar-refractivity contribution in [2.24, 2.45) is 0 Å². The molecule has 0 aliphatic rings. The molecular weight excluding hydrogens is 275 g/mol. The number of esters is 1. The van der Waals surface area contributed by atoms with Crippen molar-refractivity contribution in [1.29, 1.82) is 0 Å². The number of alkyl halides is 1. The lowest BCUT2D eigenvalue weighted by Crippen LogP contribution is -2.14. The molecule has 1 aromatic carbocycles. The molecule has 0 radical (unpaired) electrons. The third-order valence-electron chi connectivity index (χ3n) is 2.62. The minimum absolute atomic E-state index is 0.0448. The molecule has 0 fully saturated rings. The first-order valence-corrected chi connectivity index (χ1v) is 6.21. The second-order valence-electron chi connectivity index (χ2n) is 3.86. The van der Waals surface area contributed by atoms with Crippen LogP contribution in [-0.4, -0.2) is 22.6 Å². The van der Waals surface area contributed by atoms with Crippen LogP contribution < -0.4 is 0 Å². The number of aromatic nitrogens is 2. The number of imidazole rings is 1. The van der Waals surface area contributed by atoms with Crippen molar-refractivity contribution in [2.45, 2.75) is 18.8 Å². The molecule has 1 unspecified atom stereocenters. The fourth-order valence-corrected chi connectivity index (χ4v) is 2.26. The van der Waals surface area contributed by atoms with Crippen LogP contribution in [-0.2, 0) is 16.1 Å². The quantitative estimate of drug-likeness (QED) is 0.643. The highest BCUT2D eigenvalue weighted by Crippen LogP contribution is 2.29. The number of para-hydroxylation sites is 1. The van der Waals surface area contributed by atoms with Crippen molar-refractivity contribution in [3.05, 3.63) is 29.0 Å². The smallest absolute Gasteiger partial charge is 0.325 e. The number of carbonyl (C=O) groups is 1. The molecule has 4 nitrogen and oxygen atoms in total. The Morgan fingerprint density at radius 3 is 2.89 bits per heavy atom. The zero-order valence-corrected chi connectivity index (χ0v) is 11.5. The van der Waals surface area contributed by atoms with Crippen LogP contribution in [0.5, 0.6) is 0 Å². The van der Waals surface area contributed by atoms with Gasteiger partial charge in [-0.05, 0) is 19.1 Å². The normalized spacial score (nSPS) is 12.7. The van der Waals surface area contributed by atoms with Crippen LogP contribution in [0, 0.1) is 0 Å². The van der Waals surface area contributed by atoms with Gasteiger partial charge in [0.05, 0.1) is 28.5 Å². The van der Waals surface area contributed by atoms with E-state index in [0.29, 0.717) is 21.9 Å². The Bertz CT molecular complexity index is 593. The zero-order valence-electron chi connectivity index (χ0n) is 9.98. The molecular formula is C12H12Cl2N2O2. The van der Waals surface area contributed by atoms with Gasteiger partial charge < -0.3 is 9.30 Å². The molecule has 0 saturated carbocycles. The van der Waals surface area contributed by atoms with Crippen LogP contribution >= 0.6 is 23.2 Å². The number of halogens is 2. The Kier molecular flexibility index (Phi) is 3.78. The number of benzene rings is 1. The molecule has 6 heteroatoms. The van der Waals surface area contributed by atoms with Gasteiger partial charge in [0.2, 0.25) is 0 Å². The largest absolute Gasteiger partial charge is 0.468 e. The van der Waals surface area contributed by atoms with Crippen LogP contribution in [0.2, 0.25) is 5.02 Å². The fourth-order valence-electron chi connectivity index (χ4n) is 1.82. The molecule has 1 atom stereocenters. The van der Waals surface area contributed by atoms with E-state index in [4.69, 9.17) is 23.2 Å². The molecule has 0 amide bonds. The van der Waals surface area contributed by atoms with E-state index in [1.165, 1.54) is 7.11 Å². The van der Waals surface area contributed by atoms with E-state index >= 15 is 0 Å². The molecule has 2 aromatic rings. The lowest BCUT2D eigenvalue weighted by Gasteiger charge is -2.09. The van der Waals surface area contributed by atoms with Crippen LogP contribution in [0.1, 0.15) is 18.1 Å². The van der Waals surface area contributed by atoms with E-state index < -0.39 is 0 Å². The van der Waals surface area contributed by atoms with Gasteiger partial charge in [0.1, 0.15) is 12.4 Å². The Labute approximate surface area is 114 Å². The van der Waals surface area contributed by atoms with Crippen LogP contribution in [0.4, 0.5) is 0 Å². The van der Waals surface area contributed by atoms with Gasteiger partial charge in [-0.3, -0.25) is 4.79 Å². The minimum Gasteiger partial charge on any atom is -0.468 e. The molecule has 1 heterocycles. The summed E-state index contributed by atoms with van der Waals surface area (Å²) in [4.78, 5) is 15.9. The fraction of sp³-hybridized carbons (Fsp3) is 0.333. The van der Waals surface area contributed by atoms with Gasteiger partial charge in [-0.15, -0.1) is 11.6 Å². The topological polar surface area (TPSA) is 44.1 Å². The number of methoxy groups -OCH3 is 1. The summed E-state index contributed by atoms with van der Waals surface area (Å²) in [5, 5.41) is 0.214. The lowest BCUT2D eigenvalue weighted by molar-refractivity contribution is -0.141. The Hall–Kier alpha value is -1.26. The van der Waals surface area contributed by atoms with Crippen LogP contribution in [0.3, 0.4) is 0 Å². The highest BCUT2D eigenvalue weighted by molar-refractivity contribution is 6.35. The van der Waals surface area contributed by atoms with Crippen molar-refractivity contribution in [1.82, 2.24) is 9.55 Å². The lowest BCUT2D eigenvalue weighted by atomic mass is 10.3. The standard InChI is InChI=1S/C12H12Cl2N2O2/c1-7(13)12-15-9-5-3-4-8(14)11(9)16(12)6-10(17)18-2/h3-5,7H,6H2,1-2H3. The molecule has 18 heavy (non-hydrogen) atoms. The third-order valence-corrected chi connectivity index (χ3v) is 3.12. The highest BCUT2D eigenvalue weighted by atomic mass is 35.5. The van der Waals surface area contributed by atoms with E-state index in [9.17, 15) is 4.79 Å². The number of rotatable bonds is 3. The van der Waals surface area contributed by atoms with Gasteiger partial charge in [-0.25, -0.2) is 4.98 Å². The first-order chi connectivity index (χ1) is 8.54. The summed E-state index contributed by atoms with van der Waals surface area (Å²) in [6.45, 7) is 1.84. The van der Waals surface area contributed by atoms with E-state index in [1.807, 2.05) is 12.1 Å². The molecule has 0 bridgehead atoms. The van der Waals surface area contributed by atoms with Crippen molar-refractivity contribution in [2.75, 3.05) is 7.11 Å². The maximum absolute atomic E-state index is 11.5. The van der Waals surface area contributed by atoms with Crippen molar-refractivity contribution in [3.63, 3.8) is 0 Å². The summed E-state index contributed by atoms with van der Waals surface area (Å²) in [6.07, 6.45) is 0. The van der Waals surface area contributed by atoms with Crippen molar-refractivity contribution < 1.29 is 9.53 Å². The zero-order chi connectivity index (χ0) is 13.3. The van der Waals surface area contributed by atoms with Crippen LogP contribution in [0.25, 0.3) is 11.0 Å². The van der Waals surface area contributed by atoms with Crippen molar-refractivity contribution in [3.8, 4) is 0 Å². The number of fused-ring (bicyclic) bond motifs is 1. The SMILES string of the molecule is COC(=O)Cn1c(C(C)Cl)nc2cccc(Cl)c21. The van der Waals surface area contributed by atoms with E-state index in [-0.39, 0.29) is 17.9 Å². The molecule has 96 valence electrons. The Morgan fingerprint density at radius 1 is 1.56 bits per heavy atom. The Morgan fingerprint density at radius 2 is 2.28 bits per heavy atom. The summed E-state index contributed by atoms with van der Waals surface area (Å²) in [5.41, 5.74) is 1.42. The average molecular weight is 287 g/mol. The summed E-state index contributed by atoms with van der Waals surface area (Å²) in [5.74, 6) is 0.234. The summed E-state index contributed by atoms with van der Waals surface area (Å²) >= 11 is 12.2. The molecule has 2 rings (SSSR count). The monoisotopic (exact) mass is 286 g/mol. The molecule has 0 saturated heterocycles. The first-order valence-electron chi connectivity index (χ1n) is 5.40. The molecule has 0 spiro atoms. The minimum atomic E-state index is -0.368. The predicted octanol–water partition coefficient (Wildman–Crippen LogP) is 3.16. The van der Waals surface area contributed by atoms with Gasteiger partial charge in [0.15, 0.2) is 0 Å². The van der Waals surface area contributed by atoms with Crippen molar-refractivity contribution >= 4 is 40.2 Å². The van der Waals surface area contributed by atoms with Gasteiger partial charge in [0, 0.05) is 0 Å². The average Bonchev–Trinajstić information content (AvgIpc) is 2.69. The van der Waals surface area contributed by atoms with E-state index in [2.05, 4.69) is 9.72 Å². The molecule has 1 aromatic heterocycles. The first kappa shape index (κ1) is 13.2. The van der Waals surface area contributed by atoms with Crippen LogP contribution in [0.15, 0.2) is 18.2 Å². The molecule has 0 aliphatic heterocycles. The second-order valence-corrected chi connectivity index (χ2v) is 4.92. The maximum Gasteiger partial charge on any atom is 0.325 e. The molecule has 0 aliphatic carbocycles. The number of nitrogens with zero attached hydrogens (tertiary/aromatic N) is 2. The molecule has 0 N–H and O–H groups in total. The van der Waals surface area contributed by atoms with E-state index in [0.717, 1.165) is 0 Å². The number of hydrogen-bond donors (Lipinski definition) is 0. The van der Waals surface area contributed by atoms with Gasteiger partial charge in [-0.1, -0.05) is 17.7 Å².